The van der Waals surface area contributed by atoms with Gasteiger partial charge in [-0.05, 0) is 12.8 Å². The Hall–Kier alpha value is -0.810. The minimum absolute atomic E-state index is 0.244. The normalized spacial score (nSPS) is 10.5. The summed E-state index contributed by atoms with van der Waals surface area (Å²) in [5, 5.41) is 10.5. The van der Waals surface area contributed by atoms with Crippen LogP contribution in [0.3, 0.4) is 0 Å². The van der Waals surface area contributed by atoms with Crippen molar-refractivity contribution in [1.29, 1.82) is 0 Å². The Morgan fingerprint density at radius 1 is 1.40 bits per heavy atom. The van der Waals surface area contributed by atoms with Gasteiger partial charge in [-0.1, -0.05) is 12.0 Å². The fraction of sp³-hybridized carbons (Fsp3) is 0.778. The summed E-state index contributed by atoms with van der Waals surface area (Å²) in [6.45, 7) is 4.41. The maximum Gasteiger partial charge on any atom is 0.315 e. The van der Waals surface area contributed by atoms with Crippen LogP contribution < -0.4 is 5.32 Å². The van der Waals surface area contributed by atoms with E-state index in [0.29, 0.717) is 11.9 Å². The van der Waals surface area contributed by atoms with E-state index in [4.69, 9.17) is 20.8 Å². The Labute approximate surface area is 94.2 Å². The third kappa shape index (κ3) is 4.99. The summed E-state index contributed by atoms with van der Waals surface area (Å²) in [6.07, 6.45) is 1.97. The second-order valence-electron chi connectivity index (χ2n) is 3.03. The number of aromatic nitrogens is 2. The summed E-state index contributed by atoms with van der Waals surface area (Å²) in [6, 6.07) is 0.418. The van der Waals surface area contributed by atoms with E-state index in [1.54, 1.807) is 0 Å². The molecule has 0 spiro atoms. The first-order chi connectivity index (χ1) is 7.36. The zero-order valence-corrected chi connectivity index (χ0v) is 9.59. The van der Waals surface area contributed by atoms with E-state index in [-0.39, 0.29) is 5.88 Å². The van der Waals surface area contributed by atoms with Gasteiger partial charge in [-0.25, -0.2) is 0 Å². The number of ether oxygens (including phenoxy) is 1. The molecule has 1 aromatic heterocycles. The Bertz CT molecular complexity index is 268. The molecule has 0 bridgehead atoms. The summed E-state index contributed by atoms with van der Waals surface area (Å²) in [5.74, 6) is 0.676. The van der Waals surface area contributed by atoms with Gasteiger partial charge in [0.2, 0.25) is 5.89 Å². The molecule has 1 rings (SSSR count). The molecule has 6 heteroatoms. The minimum Gasteiger partial charge on any atom is -0.407 e. The van der Waals surface area contributed by atoms with Crippen molar-refractivity contribution in [2.75, 3.05) is 25.1 Å². The second kappa shape index (κ2) is 7.48. The van der Waals surface area contributed by atoms with Crippen LogP contribution in [0.25, 0.3) is 0 Å². The molecule has 0 unspecified atom stereocenters. The maximum atomic E-state index is 5.51. The van der Waals surface area contributed by atoms with Gasteiger partial charge in [0.25, 0.3) is 0 Å². The van der Waals surface area contributed by atoms with E-state index in [1.807, 2.05) is 0 Å². The topological polar surface area (TPSA) is 60.2 Å². The van der Waals surface area contributed by atoms with Crippen molar-refractivity contribution >= 4 is 17.6 Å². The summed E-state index contributed by atoms with van der Waals surface area (Å²) in [5.41, 5.74) is 0. The fourth-order valence-electron chi connectivity index (χ4n) is 0.995. The Morgan fingerprint density at radius 2 is 2.27 bits per heavy atom. The molecule has 5 nitrogen and oxygen atoms in total. The van der Waals surface area contributed by atoms with Gasteiger partial charge in [-0.3, -0.25) is 0 Å². The number of hydrogen-bond donors (Lipinski definition) is 1. The van der Waals surface area contributed by atoms with Gasteiger partial charge in [0, 0.05) is 19.8 Å². The van der Waals surface area contributed by atoms with Crippen molar-refractivity contribution in [2.24, 2.45) is 0 Å². The lowest BCUT2D eigenvalue weighted by Crippen LogP contribution is -2.06. The van der Waals surface area contributed by atoms with Crippen molar-refractivity contribution in [3.63, 3.8) is 0 Å². The fourth-order valence-corrected chi connectivity index (χ4v) is 1.10. The number of hydrogen-bond acceptors (Lipinski definition) is 5. The average molecular weight is 234 g/mol. The van der Waals surface area contributed by atoms with Crippen LogP contribution in [-0.2, 0) is 10.6 Å². The van der Waals surface area contributed by atoms with Gasteiger partial charge in [-0.2, -0.15) is 0 Å². The van der Waals surface area contributed by atoms with E-state index < -0.39 is 0 Å². The first-order valence-corrected chi connectivity index (χ1v) is 5.60. The molecule has 0 fully saturated rings. The Morgan fingerprint density at radius 3 is 2.93 bits per heavy atom. The quantitative estimate of drug-likeness (QED) is 0.550. The Balaban J connectivity index is 2.04. The van der Waals surface area contributed by atoms with Crippen LogP contribution in [0.4, 0.5) is 6.01 Å². The molecule has 0 radical (unpaired) electrons. The standard InChI is InChI=1S/C9H16ClN3O2/c1-2-5-14-6-3-4-11-9-13-12-8(7-10)15-9/h2-7H2,1H3,(H,11,13). The third-order valence-electron chi connectivity index (χ3n) is 1.67. The predicted molar refractivity (Wildman–Crippen MR) is 58.1 cm³/mol. The average Bonchev–Trinajstić information content (AvgIpc) is 2.71. The molecule has 0 saturated heterocycles. The zero-order valence-electron chi connectivity index (χ0n) is 8.83. The van der Waals surface area contributed by atoms with Crippen LogP contribution in [0.2, 0.25) is 0 Å². The second-order valence-corrected chi connectivity index (χ2v) is 3.29. The first kappa shape index (κ1) is 12.3. The van der Waals surface area contributed by atoms with Crippen LogP contribution in [0, 0.1) is 0 Å². The maximum absolute atomic E-state index is 5.51. The lowest BCUT2D eigenvalue weighted by atomic mass is 10.4. The minimum atomic E-state index is 0.244. The molecule has 0 amide bonds. The van der Waals surface area contributed by atoms with E-state index in [9.17, 15) is 0 Å². The highest BCUT2D eigenvalue weighted by Gasteiger charge is 2.02. The summed E-state index contributed by atoms with van der Waals surface area (Å²) in [4.78, 5) is 0. The zero-order chi connectivity index (χ0) is 10.9. The van der Waals surface area contributed by atoms with Crippen LogP contribution >= 0.6 is 11.6 Å². The van der Waals surface area contributed by atoms with Gasteiger partial charge < -0.3 is 14.5 Å². The van der Waals surface area contributed by atoms with Crippen molar-refractivity contribution in [1.82, 2.24) is 10.2 Å². The van der Waals surface area contributed by atoms with E-state index in [2.05, 4.69) is 22.4 Å². The molecule has 15 heavy (non-hydrogen) atoms. The van der Waals surface area contributed by atoms with E-state index in [1.165, 1.54) is 0 Å². The number of alkyl halides is 1. The van der Waals surface area contributed by atoms with Crippen molar-refractivity contribution < 1.29 is 9.15 Å². The van der Waals surface area contributed by atoms with Gasteiger partial charge >= 0.3 is 6.01 Å². The van der Waals surface area contributed by atoms with E-state index in [0.717, 1.165) is 32.6 Å². The highest BCUT2D eigenvalue weighted by atomic mass is 35.5. The van der Waals surface area contributed by atoms with Gasteiger partial charge in [0.1, 0.15) is 5.88 Å². The van der Waals surface area contributed by atoms with Gasteiger partial charge in [0.05, 0.1) is 0 Å². The van der Waals surface area contributed by atoms with Crippen molar-refractivity contribution in [3.05, 3.63) is 5.89 Å². The summed E-state index contributed by atoms with van der Waals surface area (Å²) in [7, 11) is 0. The molecule has 0 aliphatic carbocycles. The van der Waals surface area contributed by atoms with Crippen molar-refractivity contribution in [3.8, 4) is 0 Å². The Kier molecular flexibility index (Phi) is 6.11. The molecule has 0 aromatic carbocycles. The third-order valence-corrected chi connectivity index (χ3v) is 1.90. The van der Waals surface area contributed by atoms with Gasteiger partial charge in [-0.15, -0.1) is 16.7 Å². The molecule has 0 atom stereocenters. The van der Waals surface area contributed by atoms with Crippen LogP contribution in [-0.4, -0.2) is 30.0 Å². The lowest BCUT2D eigenvalue weighted by molar-refractivity contribution is 0.134. The highest BCUT2D eigenvalue weighted by Crippen LogP contribution is 2.06. The molecular weight excluding hydrogens is 218 g/mol. The number of rotatable bonds is 8. The molecular formula is C9H16ClN3O2. The van der Waals surface area contributed by atoms with Crippen LogP contribution in [0.15, 0.2) is 4.42 Å². The number of nitrogens with one attached hydrogen (secondary N) is 1. The molecule has 0 saturated carbocycles. The SMILES string of the molecule is CCCOCCCNc1nnc(CCl)o1. The summed E-state index contributed by atoms with van der Waals surface area (Å²) < 4.78 is 10.5. The predicted octanol–water partition coefficient (Wildman–Crippen LogP) is 2.04. The largest absolute Gasteiger partial charge is 0.407 e. The molecule has 0 aliphatic heterocycles. The highest BCUT2D eigenvalue weighted by molar-refractivity contribution is 6.16. The molecule has 1 heterocycles. The van der Waals surface area contributed by atoms with Crippen molar-refractivity contribution in [2.45, 2.75) is 25.6 Å². The monoisotopic (exact) mass is 233 g/mol. The van der Waals surface area contributed by atoms with Gasteiger partial charge in [0.15, 0.2) is 0 Å². The summed E-state index contributed by atoms with van der Waals surface area (Å²) >= 11 is 5.51. The van der Waals surface area contributed by atoms with E-state index >= 15 is 0 Å². The smallest absolute Gasteiger partial charge is 0.315 e. The molecule has 1 aromatic rings. The van der Waals surface area contributed by atoms with Crippen LogP contribution in [0.1, 0.15) is 25.7 Å². The number of anilines is 1. The molecule has 86 valence electrons. The first-order valence-electron chi connectivity index (χ1n) is 5.06. The number of nitrogens with zero attached hydrogens (tertiary/aromatic N) is 2. The number of halogens is 1. The molecule has 1 N–H and O–H groups in total. The van der Waals surface area contributed by atoms with Crippen LogP contribution in [0.5, 0.6) is 0 Å². The molecule has 0 aliphatic rings. The lowest BCUT2D eigenvalue weighted by Gasteiger charge is -2.02.